The van der Waals surface area contributed by atoms with Gasteiger partial charge in [0.05, 0.1) is 5.60 Å². The Labute approximate surface area is 198 Å². The summed E-state index contributed by atoms with van der Waals surface area (Å²) in [5, 5.41) is 20.7. The molecule has 2 nitrogen and oxygen atoms in total. The Morgan fingerprint density at radius 1 is 1.06 bits per heavy atom. The van der Waals surface area contributed by atoms with Crippen molar-refractivity contribution in [3.8, 4) is 0 Å². The first-order valence-electron chi connectivity index (χ1n) is 13.2. The zero-order valence-corrected chi connectivity index (χ0v) is 21.4. The molecule has 5 heteroatoms. The second kappa shape index (κ2) is 7.98. The Morgan fingerprint density at radius 2 is 1.73 bits per heavy atom. The maximum atomic E-state index is 13.2. The summed E-state index contributed by atoms with van der Waals surface area (Å²) in [6.45, 7) is 12.2. The van der Waals surface area contributed by atoms with Crippen LogP contribution in [0.15, 0.2) is 11.6 Å². The average molecular weight is 471 g/mol. The largest absolute Gasteiger partial charge is 0.416 e. The maximum Gasteiger partial charge on any atom is 0.416 e. The summed E-state index contributed by atoms with van der Waals surface area (Å²) in [5.74, 6) is 2.95. The highest BCUT2D eigenvalue weighted by Gasteiger charge is 2.61. The van der Waals surface area contributed by atoms with Crippen molar-refractivity contribution in [2.75, 3.05) is 0 Å². The smallest absolute Gasteiger partial charge is 0.390 e. The fourth-order valence-corrected chi connectivity index (χ4v) is 8.99. The molecule has 0 amide bonds. The van der Waals surface area contributed by atoms with Crippen LogP contribution in [-0.2, 0) is 0 Å². The van der Waals surface area contributed by atoms with Crippen LogP contribution in [0.5, 0.6) is 0 Å². The molecule has 0 unspecified atom stereocenters. The van der Waals surface area contributed by atoms with Crippen molar-refractivity contribution in [3.63, 3.8) is 0 Å². The maximum absolute atomic E-state index is 13.2. The number of fused-ring (bicyclic) bond motifs is 5. The second-order valence-corrected chi connectivity index (χ2v) is 13.4. The number of allylic oxidation sites excluding steroid dienone is 1. The van der Waals surface area contributed by atoms with Crippen LogP contribution in [0.1, 0.15) is 99.3 Å². The molecule has 0 aromatic rings. The highest BCUT2D eigenvalue weighted by Crippen LogP contribution is 2.68. The monoisotopic (exact) mass is 470 g/mol. The van der Waals surface area contributed by atoms with Gasteiger partial charge in [-0.3, -0.25) is 0 Å². The quantitative estimate of drug-likeness (QED) is 0.424. The lowest BCUT2D eigenvalue weighted by molar-refractivity contribution is -0.256. The Hall–Kier alpha value is -0.550. The van der Waals surface area contributed by atoms with Gasteiger partial charge in [0.15, 0.2) is 5.60 Å². The van der Waals surface area contributed by atoms with Gasteiger partial charge in [0.1, 0.15) is 0 Å². The molecule has 2 N–H and O–H groups in total. The van der Waals surface area contributed by atoms with E-state index < -0.39 is 17.4 Å². The molecule has 3 fully saturated rings. The van der Waals surface area contributed by atoms with Gasteiger partial charge >= 0.3 is 6.18 Å². The number of halogens is 3. The lowest BCUT2D eigenvalue weighted by atomic mass is 9.44. The van der Waals surface area contributed by atoms with E-state index in [0.717, 1.165) is 39.0 Å². The Bertz CT molecular complexity index is 785. The van der Waals surface area contributed by atoms with E-state index in [1.165, 1.54) is 18.4 Å². The molecule has 0 aliphatic heterocycles. The van der Waals surface area contributed by atoms with Crippen molar-refractivity contribution in [2.45, 2.75) is 117 Å². The number of aliphatic hydroxyl groups is 2. The molecule has 10 atom stereocenters. The molecule has 190 valence electrons. The van der Waals surface area contributed by atoms with E-state index in [2.05, 4.69) is 33.8 Å². The highest BCUT2D eigenvalue weighted by molar-refractivity contribution is 5.28. The minimum atomic E-state index is -4.57. The van der Waals surface area contributed by atoms with Gasteiger partial charge in [-0.1, -0.05) is 39.3 Å². The van der Waals surface area contributed by atoms with Gasteiger partial charge in [-0.05, 0) is 118 Å². The van der Waals surface area contributed by atoms with Crippen LogP contribution in [0, 0.1) is 46.3 Å². The Balaban J connectivity index is 1.53. The van der Waals surface area contributed by atoms with Gasteiger partial charge in [0.2, 0.25) is 0 Å². The normalized spacial score (nSPS) is 48.2. The van der Waals surface area contributed by atoms with Crippen LogP contribution in [-0.4, -0.2) is 27.6 Å². The summed E-state index contributed by atoms with van der Waals surface area (Å²) in [7, 11) is 0. The second-order valence-electron chi connectivity index (χ2n) is 13.4. The van der Waals surface area contributed by atoms with E-state index in [1.54, 1.807) is 0 Å². The molecular weight excluding hydrogens is 425 g/mol. The molecule has 4 aliphatic carbocycles. The van der Waals surface area contributed by atoms with Crippen LogP contribution in [0.3, 0.4) is 0 Å². The topological polar surface area (TPSA) is 40.5 Å². The predicted molar refractivity (Wildman–Crippen MR) is 125 cm³/mol. The molecule has 0 saturated heterocycles. The average Bonchev–Trinajstić information content (AvgIpc) is 3.04. The number of alkyl halides is 3. The molecule has 0 aromatic carbocycles. The van der Waals surface area contributed by atoms with Crippen molar-refractivity contribution in [1.82, 2.24) is 0 Å². The van der Waals surface area contributed by atoms with Crippen molar-refractivity contribution in [3.05, 3.63) is 11.6 Å². The van der Waals surface area contributed by atoms with E-state index in [-0.39, 0.29) is 23.2 Å². The third kappa shape index (κ3) is 4.11. The fraction of sp³-hybridized carbons (Fsp3) is 0.929. The van der Waals surface area contributed by atoms with Crippen LogP contribution < -0.4 is 0 Å². The highest BCUT2D eigenvalue weighted by atomic mass is 19.4. The molecule has 0 aromatic heterocycles. The van der Waals surface area contributed by atoms with E-state index in [9.17, 15) is 23.4 Å². The molecule has 4 rings (SSSR count). The van der Waals surface area contributed by atoms with Crippen molar-refractivity contribution in [1.29, 1.82) is 0 Å². The zero-order valence-electron chi connectivity index (χ0n) is 21.4. The molecule has 3 saturated carbocycles. The van der Waals surface area contributed by atoms with Gasteiger partial charge < -0.3 is 10.2 Å². The van der Waals surface area contributed by atoms with Crippen LogP contribution in [0.2, 0.25) is 0 Å². The van der Waals surface area contributed by atoms with E-state index in [4.69, 9.17) is 0 Å². The standard InChI is InChI=1S/C28H45F3O2/c1-17(9-12-27(6,33)28(29,30)31)20-7-8-21-23-18(2)15-19-16-24(3,32)13-14-25(19,4)22(23)10-11-26(20,21)5/h15,17-18,20-23,32-33H,7-14,16H2,1-6H3/t17-,18+,20-,21+,22+,23+,24+,25+,26-,27+/m1/s1. The van der Waals surface area contributed by atoms with Gasteiger partial charge in [-0.2, -0.15) is 13.2 Å². The van der Waals surface area contributed by atoms with Crippen molar-refractivity contribution in [2.24, 2.45) is 46.3 Å². The van der Waals surface area contributed by atoms with Gasteiger partial charge in [-0.15, -0.1) is 0 Å². The molecule has 0 bridgehead atoms. The SMILES string of the molecule is C[C@H](CC[C@](C)(O)C(F)(F)F)[C@H]1CC[C@H]2[C@@H]3[C@@H](C)C=C4C[C@@](C)(O)CC[C@]4(C)[C@H]3CC[C@]12C. The summed E-state index contributed by atoms with van der Waals surface area (Å²) in [4.78, 5) is 0. The summed E-state index contributed by atoms with van der Waals surface area (Å²) in [6, 6.07) is 0. The number of rotatable bonds is 4. The van der Waals surface area contributed by atoms with E-state index in [1.807, 2.05) is 6.92 Å². The molecular formula is C28H45F3O2. The summed E-state index contributed by atoms with van der Waals surface area (Å²) < 4.78 is 39.5. The first-order valence-corrected chi connectivity index (χ1v) is 13.2. The van der Waals surface area contributed by atoms with Gasteiger partial charge in [0, 0.05) is 0 Å². The van der Waals surface area contributed by atoms with Crippen LogP contribution in [0.4, 0.5) is 13.2 Å². The minimum Gasteiger partial charge on any atom is -0.390 e. The van der Waals surface area contributed by atoms with E-state index >= 15 is 0 Å². The number of hydrogen-bond donors (Lipinski definition) is 2. The van der Waals surface area contributed by atoms with Crippen molar-refractivity contribution < 1.29 is 23.4 Å². The zero-order chi connectivity index (χ0) is 24.6. The molecule has 0 heterocycles. The summed E-state index contributed by atoms with van der Waals surface area (Å²) in [5.41, 5.74) is -1.38. The van der Waals surface area contributed by atoms with Crippen LogP contribution >= 0.6 is 0 Å². The van der Waals surface area contributed by atoms with Gasteiger partial charge in [-0.25, -0.2) is 0 Å². The lowest BCUT2D eigenvalue weighted by Gasteiger charge is -2.60. The first-order chi connectivity index (χ1) is 15.0. The molecule has 4 aliphatic rings. The third-order valence-electron chi connectivity index (χ3n) is 11.2. The van der Waals surface area contributed by atoms with Gasteiger partial charge in [0.25, 0.3) is 0 Å². The van der Waals surface area contributed by atoms with Crippen molar-refractivity contribution >= 4 is 0 Å². The van der Waals surface area contributed by atoms with Crippen LogP contribution in [0.25, 0.3) is 0 Å². The Morgan fingerprint density at radius 3 is 2.36 bits per heavy atom. The summed E-state index contributed by atoms with van der Waals surface area (Å²) in [6.07, 6.45) is 5.40. The number of hydrogen-bond acceptors (Lipinski definition) is 2. The van der Waals surface area contributed by atoms with E-state index in [0.29, 0.717) is 36.0 Å². The first kappa shape index (κ1) is 25.5. The fourth-order valence-electron chi connectivity index (χ4n) is 8.99. The summed E-state index contributed by atoms with van der Waals surface area (Å²) >= 11 is 0. The third-order valence-corrected chi connectivity index (χ3v) is 11.2. The minimum absolute atomic E-state index is 0.167. The molecule has 0 radical (unpaired) electrons. The molecule has 33 heavy (non-hydrogen) atoms. The predicted octanol–water partition coefficient (Wildman–Crippen LogP) is 7.29. The lowest BCUT2D eigenvalue weighted by Crippen LogP contribution is -2.54. The molecule has 0 spiro atoms. The Kier molecular flexibility index (Phi) is 6.18.